The fourth-order valence-electron chi connectivity index (χ4n) is 6.89. The Morgan fingerprint density at radius 3 is 2.26 bits per heavy atom. The van der Waals surface area contributed by atoms with E-state index in [1.54, 1.807) is 0 Å². The van der Waals surface area contributed by atoms with Crippen molar-refractivity contribution in [2.75, 3.05) is 32.7 Å². The van der Waals surface area contributed by atoms with Gasteiger partial charge in [-0.1, -0.05) is 61.7 Å². The Morgan fingerprint density at radius 2 is 1.64 bits per heavy atom. The van der Waals surface area contributed by atoms with Gasteiger partial charge in [0.05, 0.1) is 0 Å². The smallest absolute Gasteiger partial charge is 0.320 e. The minimum atomic E-state index is -2.94. The molecule has 0 spiro atoms. The van der Waals surface area contributed by atoms with Gasteiger partial charge >= 0.3 is 5.97 Å². The van der Waals surface area contributed by atoms with E-state index in [4.69, 9.17) is 0 Å². The first-order chi connectivity index (χ1) is 18.8. The number of likely N-dealkylation sites (tertiary alicyclic amines) is 2. The molecule has 2 aliphatic heterocycles. The molecule has 7 heteroatoms. The molecule has 0 amide bonds. The first kappa shape index (κ1) is 28.2. The molecule has 3 atom stereocenters. The molecule has 1 saturated carbocycles. The molecule has 0 bridgehead atoms. The number of nitrogens with zero attached hydrogens (tertiary/aromatic N) is 2. The molecule has 4 nitrogen and oxygen atoms in total. The van der Waals surface area contributed by atoms with Gasteiger partial charge in [-0.2, -0.15) is 0 Å². The van der Waals surface area contributed by atoms with E-state index in [9.17, 15) is 23.1 Å². The van der Waals surface area contributed by atoms with Gasteiger partial charge in [-0.05, 0) is 74.2 Å². The van der Waals surface area contributed by atoms with Crippen molar-refractivity contribution in [3.63, 3.8) is 0 Å². The summed E-state index contributed by atoms with van der Waals surface area (Å²) in [6.07, 6.45) is 6.29. The van der Waals surface area contributed by atoms with Gasteiger partial charge in [0.1, 0.15) is 11.9 Å². The highest BCUT2D eigenvalue weighted by Gasteiger charge is 2.41. The molecule has 2 aromatic carbocycles. The highest BCUT2D eigenvalue weighted by molar-refractivity contribution is 5.73. The SMILES string of the molecule is O=C(O)[C@H](CC1CCC1)N1CC(CN2CCC(CCC(F)(F)c3ccc(F)cc3)CC2)C(c2ccccc2)C1. The summed E-state index contributed by atoms with van der Waals surface area (Å²) in [5.74, 6) is -2.71. The molecular formula is C32H41F3N2O2. The van der Waals surface area contributed by atoms with Crippen LogP contribution in [0.3, 0.4) is 0 Å². The Morgan fingerprint density at radius 1 is 0.949 bits per heavy atom. The van der Waals surface area contributed by atoms with E-state index in [0.717, 1.165) is 77.0 Å². The highest BCUT2D eigenvalue weighted by atomic mass is 19.3. The summed E-state index contributed by atoms with van der Waals surface area (Å²) in [6.45, 7) is 4.23. The molecule has 0 aromatic heterocycles. The Hall–Kier alpha value is -2.38. The summed E-state index contributed by atoms with van der Waals surface area (Å²) in [6, 6.07) is 14.6. The minimum Gasteiger partial charge on any atom is -0.480 e. The molecule has 5 rings (SSSR count). The number of benzene rings is 2. The molecule has 212 valence electrons. The third-order valence-electron chi connectivity index (χ3n) is 9.54. The molecule has 3 aliphatic rings. The summed E-state index contributed by atoms with van der Waals surface area (Å²) in [5.41, 5.74) is 1.16. The van der Waals surface area contributed by atoms with Crippen molar-refractivity contribution in [1.82, 2.24) is 9.80 Å². The Kier molecular flexibility index (Phi) is 8.97. The maximum atomic E-state index is 14.7. The molecule has 2 heterocycles. The standard InChI is InChI=1S/C32H41F3N2O2/c33-28-11-9-27(10-12-28)32(34,35)16-13-23-14-17-36(18-15-23)20-26-21-37(22-29(26)25-7-2-1-3-8-25)30(31(38)39)19-24-5-4-6-24/h1-3,7-12,23-24,26,29-30H,4-6,13-22H2,(H,38,39)/t26?,29?,30-/m0/s1. The van der Waals surface area contributed by atoms with Crippen LogP contribution < -0.4 is 0 Å². The van der Waals surface area contributed by atoms with Gasteiger partial charge in [0.15, 0.2) is 0 Å². The Labute approximate surface area is 230 Å². The van der Waals surface area contributed by atoms with Crippen LogP contribution in [0.5, 0.6) is 0 Å². The summed E-state index contributed by atoms with van der Waals surface area (Å²) < 4.78 is 42.5. The second-order valence-electron chi connectivity index (χ2n) is 12.1. The van der Waals surface area contributed by atoms with Gasteiger partial charge in [0, 0.05) is 37.5 Å². The van der Waals surface area contributed by atoms with Crippen molar-refractivity contribution in [3.8, 4) is 0 Å². The Balaban J connectivity index is 1.16. The van der Waals surface area contributed by atoms with Gasteiger partial charge < -0.3 is 10.0 Å². The normalized spacial score (nSPS) is 24.5. The predicted molar refractivity (Wildman–Crippen MR) is 146 cm³/mol. The fraction of sp³-hybridized carbons (Fsp3) is 0.594. The number of carboxylic acids is 1. The summed E-state index contributed by atoms with van der Waals surface area (Å²) in [7, 11) is 0. The molecule has 2 aromatic rings. The molecule has 1 N–H and O–H groups in total. The minimum absolute atomic E-state index is 0.115. The number of rotatable bonds is 11. The van der Waals surface area contributed by atoms with E-state index in [2.05, 4.69) is 34.1 Å². The maximum Gasteiger partial charge on any atom is 0.320 e. The monoisotopic (exact) mass is 542 g/mol. The first-order valence-corrected chi connectivity index (χ1v) is 14.7. The van der Waals surface area contributed by atoms with Crippen LogP contribution in [-0.4, -0.2) is 59.6 Å². The van der Waals surface area contributed by atoms with Crippen molar-refractivity contribution in [2.24, 2.45) is 17.8 Å². The summed E-state index contributed by atoms with van der Waals surface area (Å²) in [4.78, 5) is 16.9. The second kappa shape index (κ2) is 12.4. The molecule has 3 fully saturated rings. The molecule has 39 heavy (non-hydrogen) atoms. The predicted octanol–water partition coefficient (Wildman–Crippen LogP) is 6.77. The van der Waals surface area contributed by atoms with Crippen molar-refractivity contribution in [2.45, 2.75) is 69.2 Å². The number of halogens is 3. The van der Waals surface area contributed by atoms with Gasteiger partial charge in [0.25, 0.3) is 5.92 Å². The lowest BCUT2D eigenvalue weighted by molar-refractivity contribution is -0.144. The van der Waals surface area contributed by atoms with Crippen molar-refractivity contribution in [1.29, 1.82) is 0 Å². The fourth-order valence-corrected chi connectivity index (χ4v) is 6.89. The number of carbonyl (C=O) groups is 1. The topological polar surface area (TPSA) is 43.8 Å². The van der Waals surface area contributed by atoms with E-state index < -0.39 is 23.8 Å². The van der Waals surface area contributed by atoms with Gasteiger partial charge in [0.2, 0.25) is 0 Å². The van der Waals surface area contributed by atoms with Crippen LogP contribution in [0, 0.1) is 23.6 Å². The maximum absolute atomic E-state index is 14.7. The molecule has 1 aliphatic carbocycles. The van der Waals surface area contributed by atoms with E-state index in [1.165, 1.54) is 24.1 Å². The molecule has 2 saturated heterocycles. The number of alkyl halides is 2. The molecule has 2 unspecified atom stereocenters. The number of carboxylic acid groups (broad SMARTS) is 1. The lowest BCUT2D eigenvalue weighted by Crippen LogP contribution is -2.43. The lowest BCUT2D eigenvalue weighted by atomic mass is 9.80. The average molecular weight is 543 g/mol. The number of piperidine rings is 1. The van der Waals surface area contributed by atoms with Gasteiger partial charge in [-0.15, -0.1) is 0 Å². The van der Waals surface area contributed by atoms with Crippen LogP contribution in [0.25, 0.3) is 0 Å². The molecular weight excluding hydrogens is 501 g/mol. The van der Waals surface area contributed by atoms with Crippen LogP contribution >= 0.6 is 0 Å². The van der Waals surface area contributed by atoms with Gasteiger partial charge in [-0.3, -0.25) is 9.69 Å². The Bertz CT molecular complexity index is 1070. The average Bonchev–Trinajstić information content (AvgIpc) is 3.31. The summed E-state index contributed by atoms with van der Waals surface area (Å²) in [5, 5.41) is 10.1. The number of hydrogen-bond donors (Lipinski definition) is 1. The number of aliphatic carboxylic acids is 1. The first-order valence-electron chi connectivity index (χ1n) is 14.7. The van der Waals surface area contributed by atoms with Crippen LogP contribution in [0.4, 0.5) is 13.2 Å². The quantitative estimate of drug-likeness (QED) is 0.340. The van der Waals surface area contributed by atoms with Crippen LogP contribution in [-0.2, 0) is 10.7 Å². The van der Waals surface area contributed by atoms with Crippen LogP contribution in [0.1, 0.15) is 68.4 Å². The van der Waals surface area contributed by atoms with Gasteiger partial charge in [-0.25, -0.2) is 13.2 Å². The number of hydrogen-bond acceptors (Lipinski definition) is 3. The highest BCUT2D eigenvalue weighted by Crippen LogP contribution is 2.39. The second-order valence-corrected chi connectivity index (χ2v) is 12.1. The molecule has 0 radical (unpaired) electrons. The van der Waals surface area contributed by atoms with Crippen LogP contribution in [0.15, 0.2) is 54.6 Å². The van der Waals surface area contributed by atoms with Crippen molar-refractivity contribution < 1.29 is 23.1 Å². The third kappa shape index (κ3) is 7.04. The van der Waals surface area contributed by atoms with E-state index in [1.807, 2.05) is 6.07 Å². The lowest BCUT2D eigenvalue weighted by Gasteiger charge is -2.35. The van der Waals surface area contributed by atoms with E-state index in [0.29, 0.717) is 24.2 Å². The van der Waals surface area contributed by atoms with E-state index in [-0.39, 0.29) is 17.9 Å². The third-order valence-corrected chi connectivity index (χ3v) is 9.54. The zero-order valence-electron chi connectivity index (χ0n) is 22.7. The summed E-state index contributed by atoms with van der Waals surface area (Å²) >= 11 is 0. The van der Waals surface area contributed by atoms with Crippen LogP contribution in [0.2, 0.25) is 0 Å². The largest absolute Gasteiger partial charge is 0.480 e. The zero-order chi connectivity index (χ0) is 27.4. The van der Waals surface area contributed by atoms with Crippen molar-refractivity contribution >= 4 is 5.97 Å². The van der Waals surface area contributed by atoms with E-state index >= 15 is 0 Å². The zero-order valence-corrected chi connectivity index (χ0v) is 22.7. The van der Waals surface area contributed by atoms with Crippen molar-refractivity contribution in [3.05, 3.63) is 71.5 Å².